The van der Waals surface area contributed by atoms with E-state index in [1.165, 1.54) is 24.4 Å². The molecular weight excluding hydrogens is 345 g/mol. The lowest BCUT2D eigenvalue weighted by atomic mass is 10.2. The average molecular weight is 363 g/mol. The van der Waals surface area contributed by atoms with Gasteiger partial charge in [-0.2, -0.15) is 0 Å². The third-order valence-electron chi connectivity index (χ3n) is 4.24. The van der Waals surface area contributed by atoms with Crippen LogP contribution in [-0.2, 0) is 9.84 Å². The smallest absolute Gasteiger partial charge is 0.258 e. The van der Waals surface area contributed by atoms with E-state index in [-0.39, 0.29) is 23.1 Å². The first-order valence-corrected chi connectivity index (χ1v) is 9.63. The summed E-state index contributed by atoms with van der Waals surface area (Å²) in [6, 6.07) is 8.98. The quantitative estimate of drug-likeness (QED) is 0.900. The lowest BCUT2D eigenvalue weighted by Crippen LogP contribution is -2.33. The summed E-state index contributed by atoms with van der Waals surface area (Å²) in [6.07, 6.45) is 2.04. The molecule has 1 atom stereocenters. The minimum absolute atomic E-state index is 0.0418. The van der Waals surface area contributed by atoms with Gasteiger partial charge in [0.2, 0.25) is 0 Å². The Morgan fingerprint density at radius 1 is 1.28 bits per heavy atom. The third kappa shape index (κ3) is 3.96. The monoisotopic (exact) mass is 363 g/mol. The molecule has 1 aliphatic heterocycles. The summed E-state index contributed by atoms with van der Waals surface area (Å²) in [6.45, 7) is 0. The van der Waals surface area contributed by atoms with E-state index in [2.05, 4.69) is 10.3 Å². The maximum Gasteiger partial charge on any atom is 0.258 e. The number of carbonyl (C=O) groups excluding carboxylic acids is 1. The second-order valence-electron chi connectivity index (χ2n) is 6.01. The molecular formula is C17H18FN3O3S. The highest BCUT2D eigenvalue weighted by molar-refractivity contribution is 7.91. The van der Waals surface area contributed by atoms with E-state index in [9.17, 15) is 17.6 Å². The molecule has 1 fully saturated rings. The van der Waals surface area contributed by atoms with Gasteiger partial charge in [-0.3, -0.25) is 4.79 Å². The highest BCUT2D eigenvalue weighted by Gasteiger charge is 2.31. The molecule has 1 saturated heterocycles. The van der Waals surface area contributed by atoms with Crippen LogP contribution >= 0.6 is 0 Å². The maximum atomic E-state index is 13.6. The Morgan fingerprint density at radius 2 is 2.04 bits per heavy atom. The van der Waals surface area contributed by atoms with Crippen LogP contribution in [0.25, 0.3) is 0 Å². The van der Waals surface area contributed by atoms with Crippen LogP contribution in [0.3, 0.4) is 0 Å². The highest BCUT2D eigenvalue weighted by atomic mass is 32.2. The number of carbonyl (C=O) groups is 1. The Hall–Kier alpha value is -2.48. The molecule has 8 heteroatoms. The van der Waals surface area contributed by atoms with Crippen molar-refractivity contribution in [2.24, 2.45) is 0 Å². The molecule has 6 nitrogen and oxygen atoms in total. The van der Waals surface area contributed by atoms with Crippen molar-refractivity contribution in [1.82, 2.24) is 4.98 Å². The molecule has 0 spiro atoms. The number of sulfone groups is 1. The van der Waals surface area contributed by atoms with E-state index in [1.807, 2.05) is 4.90 Å². The number of hydrogen-bond donors (Lipinski definition) is 1. The molecule has 0 aliphatic carbocycles. The minimum atomic E-state index is -2.97. The van der Waals surface area contributed by atoms with Gasteiger partial charge in [0.1, 0.15) is 11.6 Å². The number of benzene rings is 1. The Balaban J connectivity index is 1.68. The number of halogens is 1. The van der Waals surface area contributed by atoms with Crippen molar-refractivity contribution in [1.29, 1.82) is 0 Å². The second kappa shape index (κ2) is 6.79. The molecule has 3 rings (SSSR count). The first-order chi connectivity index (χ1) is 11.9. The van der Waals surface area contributed by atoms with Crippen LogP contribution in [0, 0.1) is 5.82 Å². The molecule has 0 radical (unpaired) electrons. The topological polar surface area (TPSA) is 79.4 Å². The van der Waals surface area contributed by atoms with Gasteiger partial charge in [0, 0.05) is 13.1 Å². The zero-order valence-corrected chi connectivity index (χ0v) is 14.5. The number of aromatic nitrogens is 1. The summed E-state index contributed by atoms with van der Waals surface area (Å²) in [5.74, 6) is -0.212. The number of hydrogen-bond acceptors (Lipinski definition) is 5. The molecule has 1 N–H and O–H groups in total. The van der Waals surface area contributed by atoms with Gasteiger partial charge >= 0.3 is 0 Å². The van der Waals surface area contributed by atoms with Crippen LogP contribution in [0.15, 0.2) is 42.6 Å². The second-order valence-corrected chi connectivity index (χ2v) is 8.24. The van der Waals surface area contributed by atoms with Crippen LogP contribution in [0.4, 0.5) is 15.9 Å². The molecule has 1 aromatic heterocycles. The predicted molar refractivity (Wildman–Crippen MR) is 94.1 cm³/mol. The van der Waals surface area contributed by atoms with E-state index < -0.39 is 21.6 Å². The number of rotatable bonds is 4. The summed E-state index contributed by atoms with van der Waals surface area (Å²) >= 11 is 0. The Morgan fingerprint density at radius 3 is 2.64 bits per heavy atom. The molecule has 2 aromatic rings. The Labute approximate surface area is 145 Å². The number of nitrogens with zero attached hydrogens (tertiary/aromatic N) is 2. The predicted octanol–water partition coefficient (Wildman–Crippen LogP) is 2.10. The molecule has 1 amide bonds. The minimum Gasteiger partial charge on any atom is -0.356 e. The summed E-state index contributed by atoms with van der Waals surface area (Å²) < 4.78 is 36.8. The zero-order chi connectivity index (χ0) is 18.0. The first-order valence-electron chi connectivity index (χ1n) is 7.81. The summed E-state index contributed by atoms with van der Waals surface area (Å²) in [4.78, 5) is 18.2. The SMILES string of the molecule is CN(c1ccc(NC(=O)c2ccccc2F)cn1)C1CCS(=O)(=O)C1. The molecule has 132 valence electrons. The van der Waals surface area contributed by atoms with Crippen molar-refractivity contribution in [3.8, 4) is 0 Å². The van der Waals surface area contributed by atoms with E-state index in [1.54, 1.807) is 25.2 Å². The van der Waals surface area contributed by atoms with Crippen LogP contribution in [0.1, 0.15) is 16.8 Å². The molecule has 1 aromatic carbocycles. The van der Waals surface area contributed by atoms with Gasteiger partial charge in [-0.25, -0.2) is 17.8 Å². The Bertz CT molecular complexity index is 884. The summed E-state index contributed by atoms with van der Waals surface area (Å²) in [7, 11) is -1.17. The fourth-order valence-corrected chi connectivity index (χ4v) is 4.55. The lowest BCUT2D eigenvalue weighted by molar-refractivity contribution is 0.102. The van der Waals surface area contributed by atoms with Gasteiger partial charge in [0.15, 0.2) is 9.84 Å². The normalized spacial score (nSPS) is 18.7. The van der Waals surface area contributed by atoms with Crippen LogP contribution in [-0.4, -0.2) is 43.9 Å². The van der Waals surface area contributed by atoms with Crippen molar-refractivity contribution in [2.75, 3.05) is 28.8 Å². The number of anilines is 2. The van der Waals surface area contributed by atoms with Crippen molar-refractivity contribution >= 4 is 27.2 Å². The van der Waals surface area contributed by atoms with E-state index in [0.717, 1.165) is 0 Å². The van der Waals surface area contributed by atoms with Crippen LogP contribution in [0.2, 0.25) is 0 Å². The van der Waals surface area contributed by atoms with Gasteiger partial charge in [-0.05, 0) is 30.7 Å². The summed E-state index contributed by atoms with van der Waals surface area (Å²) in [5.41, 5.74) is 0.393. The van der Waals surface area contributed by atoms with Gasteiger partial charge in [0.25, 0.3) is 5.91 Å². The number of nitrogens with one attached hydrogen (secondary N) is 1. The van der Waals surface area contributed by atoms with Gasteiger partial charge in [-0.15, -0.1) is 0 Å². The van der Waals surface area contributed by atoms with Gasteiger partial charge in [-0.1, -0.05) is 12.1 Å². The number of amides is 1. The van der Waals surface area contributed by atoms with Gasteiger partial charge < -0.3 is 10.2 Å². The van der Waals surface area contributed by atoms with E-state index in [0.29, 0.717) is 17.9 Å². The van der Waals surface area contributed by atoms with Crippen molar-refractivity contribution < 1.29 is 17.6 Å². The van der Waals surface area contributed by atoms with Crippen molar-refractivity contribution in [3.05, 3.63) is 54.0 Å². The molecule has 25 heavy (non-hydrogen) atoms. The molecule has 1 unspecified atom stereocenters. The van der Waals surface area contributed by atoms with Crippen LogP contribution in [0.5, 0.6) is 0 Å². The fourth-order valence-electron chi connectivity index (χ4n) is 2.78. The lowest BCUT2D eigenvalue weighted by Gasteiger charge is -2.24. The molecule has 0 saturated carbocycles. The highest BCUT2D eigenvalue weighted by Crippen LogP contribution is 2.22. The average Bonchev–Trinajstić information content (AvgIpc) is 2.95. The van der Waals surface area contributed by atoms with Crippen LogP contribution < -0.4 is 10.2 Å². The number of pyridine rings is 1. The molecule has 0 bridgehead atoms. The van der Waals surface area contributed by atoms with E-state index in [4.69, 9.17) is 0 Å². The van der Waals surface area contributed by atoms with Crippen molar-refractivity contribution in [3.63, 3.8) is 0 Å². The Kier molecular flexibility index (Phi) is 4.71. The van der Waals surface area contributed by atoms with E-state index >= 15 is 0 Å². The molecule has 1 aliphatic rings. The zero-order valence-electron chi connectivity index (χ0n) is 13.6. The summed E-state index contributed by atoms with van der Waals surface area (Å²) in [5, 5.41) is 2.59. The largest absolute Gasteiger partial charge is 0.356 e. The van der Waals surface area contributed by atoms with Gasteiger partial charge in [0.05, 0.1) is 29.0 Å². The fraction of sp³-hybridized carbons (Fsp3) is 0.294. The first kappa shape index (κ1) is 17.3. The standard InChI is InChI=1S/C17H18FN3O3S/c1-21(13-8-9-25(23,24)11-13)16-7-6-12(10-19-16)20-17(22)14-4-2-3-5-15(14)18/h2-7,10,13H,8-9,11H2,1H3,(H,20,22). The van der Waals surface area contributed by atoms with Crippen molar-refractivity contribution in [2.45, 2.75) is 12.5 Å². The maximum absolute atomic E-state index is 13.6. The third-order valence-corrected chi connectivity index (χ3v) is 5.99. The molecule has 2 heterocycles.